The molecule has 1 atom stereocenters. The van der Waals surface area contributed by atoms with Gasteiger partial charge in [0, 0.05) is 16.0 Å². The molecule has 0 aliphatic carbocycles. The molecular formula is C16H18ClN3O3S2. The summed E-state index contributed by atoms with van der Waals surface area (Å²) in [6.07, 6.45) is 0.517. The van der Waals surface area contributed by atoms with Crippen LogP contribution in [0.1, 0.15) is 18.2 Å². The van der Waals surface area contributed by atoms with Gasteiger partial charge in [-0.1, -0.05) is 17.7 Å². The molecule has 134 valence electrons. The number of carbonyl (C=O) groups excluding carboxylic acids is 1. The van der Waals surface area contributed by atoms with Crippen molar-refractivity contribution < 1.29 is 13.2 Å². The van der Waals surface area contributed by atoms with Crippen LogP contribution in [-0.4, -0.2) is 41.4 Å². The topological polar surface area (TPSA) is 81.1 Å². The van der Waals surface area contributed by atoms with E-state index in [4.69, 9.17) is 11.6 Å². The van der Waals surface area contributed by atoms with Crippen LogP contribution in [0.3, 0.4) is 0 Å². The molecule has 1 unspecified atom stereocenters. The third-order valence-corrected chi connectivity index (χ3v) is 6.82. The summed E-state index contributed by atoms with van der Waals surface area (Å²) in [5.41, 5.74) is 0.738. The van der Waals surface area contributed by atoms with E-state index in [1.165, 1.54) is 11.8 Å². The van der Waals surface area contributed by atoms with Crippen LogP contribution in [0.5, 0.6) is 0 Å². The molecule has 1 fully saturated rings. The monoisotopic (exact) mass is 399 g/mol. The Morgan fingerprint density at radius 3 is 2.92 bits per heavy atom. The minimum atomic E-state index is -3.02. The fourth-order valence-corrected chi connectivity index (χ4v) is 5.44. The van der Waals surface area contributed by atoms with Crippen molar-refractivity contribution in [2.24, 2.45) is 0 Å². The van der Waals surface area contributed by atoms with Gasteiger partial charge in [0.25, 0.3) is 0 Å². The van der Waals surface area contributed by atoms with E-state index < -0.39 is 9.84 Å². The summed E-state index contributed by atoms with van der Waals surface area (Å²) in [7, 11) is -3.02. The van der Waals surface area contributed by atoms with E-state index in [0.29, 0.717) is 17.3 Å². The molecule has 25 heavy (non-hydrogen) atoms. The van der Waals surface area contributed by atoms with E-state index in [-0.39, 0.29) is 29.2 Å². The van der Waals surface area contributed by atoms with Crippen molar-refractivity contribution in [3.63, 3.8) is 0 Å². The van der Waals surface area contributed by atoms with Crippen LogP contribution < -0.4 is 5.32 Å². The van der Waals surface area contributed by atoms with Gasteiger partial charge in [-0.3, -0.25) is 4.79 Å². The Kier molecular flexibility index (Phi) is 5.41. The molecule has 9 heteroatoms. The SMILES string of the molecule is Cc1cc(NC(=O)CSc2cccc(Cl)c2)n(C2CCS(=O)(=O)C2)n1. The first-order chi connectivity index (χ1) is 11.8. The van der Waals surface area contributed by atoms with Gasteiger partial charge in [0.15, 0.2) is 9.84 Å². The molecule has 1 aromatic carbocycles. The Morgan fingerprint density at radius 2 is 2.24 bits per heavy atom. The van der Waals surface area contributed by atoms with Gasteiger partial charge >= 0.3 is 0 Å². The number of benzene rings is 1. The predicted octanol–water partition coefficient (Wildman–Crippen LogP) is 2.94. The van der Waals surface area contributed by atoms with Gasteiger partial charge in [0.1, 0.15) is 5.82 Å². The second-order valence-electron chi connectivity index (χ2n) is 5.97. The summed E-state index contributed by atoms with van der Waals surface area (Å²) in [5.74, 6) is 0.819. The zero-order valence-corrected chi connectivity index (χ0v) is 16.0. The van der Waals surface area contributed by atoms with Crippen molar-refractivity contribution in [3.8, 4) is 0 Å². The Labute approximate surface area is 155 Å². The van der Waals surface area contributed by atoms with Crippen LogP contribution in [0, 0.1) is 6.92 Å². The van der Waals surface area contributed by atoms with E-state index in [2.05, 4.69) is 10.4 Å². The molecule has 0 bridgehead atoms. The normalized spacial score (nSPS) is 19.0. The molecule has 1 amide bonds. The minimum Gasteiger partial charge on any atom is -0.310 e. The second-order valence-corrected chi connectivity index (χ2v) is 9.68. The number of nitrogens with zero attached hydrogens (tertiary/aromatic N) is 2. The molecule has 0 radical (unpaired) electrons. The van der Waals surface area contributed by atoms with Crippen LogP contribution >= 0.6 is 23.4 Å². The lowest BCUT2D eigenvalue weighted by atomic mass is 10.3. The summed E-state index contributed by atoms with van der Waals surface area (Å²) in [4.78, 5) is 13.2. The van der Waals surface area contributed by atoms with Crippen molar-refractivity contribution in [2.45, 2.75) is 24.3 Å². The van der Waals surface area contributed by atoms with E-state index >= 15 is 0 Å². The Hall–Kier alpha value is -1.51. The average Bonchev–Trinajstić information content (AvgIpc) is 3.07. The van der Waals surface area contributed by atoms with Crippen molar-refractivity contribution >= 4 is 44.9 Å². The summed E-state index contributed by atoms with van der Waals surface area (Å²) < 4.78 is 25.0. The maximum atomic E-state index is 12.3. The van der Waals surface area contributed by atoms with E-state index in [0.717, 1.165) is 10.6 Å². The molecule has 1 saturated heterocycles. The molecule has 0 spiro atoms. The summed E-state index contributed by atoms with van der Waals surface area (Å²) in [5, 5.41) is 7.81. The lowest BCUT2D eigenvalue weighted by Gasteiger charge is -2.13. The molecule has 1 aromatic heterocycles. The molecule has 1 aliphatic heterocycles. The maximum Gasteiger partial charge on any atom is 0.235 e. The largest absolute Gasteiger partial charge is 0.310 e. The number of halogens is 1. The number of hydrogen-bond acceptors (Lipinski definition) is 5. The van der Waals surface area contributed by atoms with Crippen LogP contribution in [-0.2, 0) is 14.6 Å². The third kappa shape index (κ3) is 4.77. The van der Waals surface area contributed by atoms with Crippen LogP contribution in [0.15, 0.2) is 35.2 Å². The molecule has 3 rings (SSSR count). The lowest BCUT2D eigenvalue weighted by Crippen LogP contribution is -2.20. The fourth-order valence-electron chi connectivity index (χ4n) is 2.74. The highest BCUT2D eigenvalue weighted by Crippen LogP contribution is 2.27. The van der Waals surface area contributed by atoms with Crippen LogP contribution in [0.25, 0.3) is 0 Å². The van der Waals surface area contributed by atoms with Crippen LogP contribution in [0.4, 0.5) is 5.82 Å². The molecule has 1 aliphatic rings. The molecule has 0 saturated carbocycles. The highest BCUT2D eigenvalue weighted by atomic mass is 35.5. The smallest absolute Gasteiger partial charge is 0.235 e. The van der Waals surface area contributed by atoms with Gasteiger partial charge < -0.3 is 5.32 Å². The van der Waals surface area contributed by atoms with Crippen molar-refractivity contribution in [1.29, 1.82) is 0 Å². The molecule has 6 nitrogen and oxygen atoms in total. The number of hydrogen-bond donors (Lipinski definition) is 1. The Bertz CT molecular complexity index is 896. The Balaban J connectivity index is 1.65. The number of aromatic nitrogens is 2. The van der Waals surface area contributed by atoms with Gasteiger partial charge in [-0.05, 0) is 31.5 Å². The van der Waals surface area contributed by atoms with Crippen molar-refractivity contribution in [1.82, 2.24) is 9.78 Å². The molecular weight excluding hydrogens is 382 g/mol. The number of rotatable bonds is 5. The number of amides is 1. The fraction of sp³-hybridized carbons (Fsp3) is 0.375. The third-order valence-electron chi connectivity index (χ3n) is 3.85. The van der Waals surface area contributed by atoms with Gasteiger partial charge in [-0.15, -0.1) is 11.8 Å². The summed E-state index contributed by atoms with van der Waals surface area (Å²) >= 11 is 7.32. The van der Waals surface area contributed by atoms with E-state index in [1.54, 1.807) is 22.9 Å². The zero-order chi connectivity index (χ0) is 18.0. The van der Waals surface area contributed by atoms with Gasteiger partial charge in [0.05, 0.1) is 29.0 Å². The first-order valence-electron chi connectivity index (χ1n) is 7.77. The number of aryl methyl sites for hydroxylation is 1. The number of sulfone groups is 1. The second kappa shape index (κ2) is 7.39. The molecule has 2 heterocycles. The minimum absolute atomic E-state index is 0.0637. The quantitative estimate of drug-likeness (QED) is 0.782. The molecule has 2 aromatic rings. The Morgan fingerprint density at radius 1 is 1.44 bits per heavy atom. The number of anilines is 1. The van der Waals surface area contributed by atoms with Crippen LogP contribution in [0.2, 0.25) is 5.02 Å². The lowest BCUT2D eigenvalue weighted by molar-refractivity contribution is -0.113. The zero-order valence-electron chi connectivity index (χ0n) is 13.6. The predicted molar refractivity (Wildman–Crippen MR) is 100 cm³/mol. The maximum absolute atomic E-state index is 12.3. The summed E-state index contributed by atoms with van der Waals surface area (Å²) in [6, 6.07) is 8.84. The number of carbonyl (C=O) groups is 1. The average molecular weight is 400 g/mol. The van der Waals surface area contributed by atoms with Gasteiger partial charge in [0.2, 0.25) is 5.91 Å². The molecule has 1 N–H and O–H groups in total. The van der Waals surface area contributed by atoms with Gasteiger partial charge in [-0.25, -0.2) is 13.1 Å². The van der Waals surface area contributed by atoms with Gasteiger partial charge in [-0.2, -0.15) is 5.10 Å². The van der Waals surface area contributed by atoms with Crippen molar-refractivity contribution in [2.75, 3.05) is 22.6 Å². The summed E-state index contributed by atoms with van der Waals surface area (Å²) in [6.45, 7) is 1.82. The highest BCUT2D eigenvalue weighted by Gasteiger charge is 2.31. The van der Waals surface area contributed by atoms with Crippen molar-refractivity contribution in [3.05, 3.63) is 41.0 Å². The number of nitrogens with one attached hydrogen (secondary N) is 1. The number of thioether (sulfide) groups is 1. The first-order valence-corrected chi connectivity index (χ1v) is 11.0. The highest BCUT2D eigenvalue weighted by molar-refractivity contribution is 8.00. The van der Waals surface area contributed by atoms with E-state index in [1.807, 2.05) is 19.1 Å². The first kappa shape index (κ1) is 18.3. The van der Waals surface area contributed by atoms with E-state index in [9.17, 15) is 13.2 Å². The standard InChI is InChI=1S/C16H18ClN3O3S2/c1-11-7-15(20(19-11)13-5-6-25(22,23)10-13)18-16(21)9-24-14-4-2-3-12(17)8-14/h2-4,7-8,13H,5-6,9-10H2,1H3,(H,18,21).